The second-order valence-electron chi connectivity index (χ2n) is 5.65. The van der Waals surface area contributed by atoms with Crippen LogP contribution >= 0.6 is 11.3 Å². The van der Waals surface area contributed by atoms with Crippen molar-refractivity contribution in [1.82, 2.24) is 9.55 Å². The maximum absolute atomic E-state index is 12.8. The summed E-state index contributed by atoms with van der Waals surface area (Å²) in [4.78, 5) is 31.7. The minimum Gasteiger partial charge on any atom is -0.324 e. The second-order valence-corrected chi connectivity index (χ2v) is 6.77. The van der Waals surface area contributed by atoms with E-state index in [1.807, 2.05) is 43.3 Å². The summed E-state index contributed by atoms with van der Waals surface area (Å²) in [6, 6.07) is 10.5. The van der Waals surface area contributed by atoms with Crippen molar-refractivity contribution in [2.24, 2.45) is 0 Å². The van der Waals surface area contributed by atoms with Crippen LogP contribution < -0.4 is 10.9 Å². The summed E-state index contributed by atoms with van der Waals surface area (Å²) >= 11 is 1.53. The van der Waals surface area contributed by atoms with E-state index in [0.717, 1.165) is 16.1 Å². The second kappa shape index (κ2) is 6.57. The van der Waals surface area contributed by atoms with E-state index >= 15 is 0 Å². The van der Waals surface area contributed by atoms with Gasteiger partial charge < -0.3 is 5.32 Å². The number of carbonyl (C=O) groups is 1. The molecule has 0 fully saturated rings. The maximum atomic E-state index is 12.8. The quantitative estimate of drug-likeness (QED) is 0.789. The smallest absolute Gasteiger partial charge is 0.263 e. The molecule has 0 bridgehead atoms. The zero-order valence-electron chi connectivity index (χ0n) is 13.9. The van der Waals surface area contributed by atoms with E-state index in [1.54, 1.807) is 13.8 Å². The number of anilines is 1. The molecule has 0 spiro atoms. The van der Waals surface area contributed by atoms with Crippen LogP contribution in [0, 0.1) is 6.92 Å². The highest BCUT2D eigenvalue weighted by atomic mass is 32.1. The van der Waals surface area contributed by atoms with E-state index in [4.69, 9.17) is 0 Å². The van der Waals surface area contributed by atoms with Crippen LogP contribution in [0.2, 0.25) is 0 Å². The Labute approximate surface area is 144 Å². The molecule has 0 aliphatic rings. The molecule has 0 aliphatic carbocycles. The predicted octanol–water partition coefficient (Wildman–Crippen LogP) is 3.53. The van der Waals surface area contributed by atoms with Gasteiger partial charge in [-0.2, -0.15) is 0 Å². The highest BCUT2D eigenvalue weighted by Gasteiger charge is 2.21. The van der Waals surface area contributed by atoms with Crippen LogP contribution in [0.25, 0.3) is 10.2 Å². The van der Waals surface area contributed by atoms with Crippen LogP contribution in [0.5, 0.6) is 0 Å². The van der Waals surface area contributed by atoms with E-state index in [9.17, 15) is 9.59 Å². The summed E-state index contributed by atoms with van der Waals surface area (Å²) in [6.07, 6.45) is 0.865. The number of aryl methyl sites for hydroxylation is 2. The van der Waals surface area contributed by atoms with Crippen molar-refractivity contribution >= 4 is 33.1 Å². The lowest BCUT2D eigenvalue weighted by Gasteiger charge is -2.17. The highest BCUT2D eigenvalue weighted by molar-refractivity contribution is 7.18. The average molecular weight is 341 g/mol. The molecular weight excluding hydrogens is 322 g/mol. The monoisotopic (exact) mass is 341 g/mol. The third-order valence-electron chi connectivity index (χ3n) is 3.98. The lowest BCUT2D eigenvalue weighted by atomic mass is 10.2. The van der Waals surface area contributed by atoms with Gasteiger partial charge in [0.05, 0.1) is 5.39 Å². The van der Waals surface area contributed by atoms with Gasteiger partial charge in [0.1, 0.15) is 16.7 Å². The predicted molar refractivity (Wildman–Crippen MR) is 97.8 cm³/mol. The summed E-state index contributed by atoms with van der Waals surface area (Å²) in [5, 5.41) is 3.42. The summed E-state index contributed by atoms with van der Waals surface area (Å²) in [6.45, 7) is 5.53. The van der Waals surface area contributed by atoms with Gasteiger partial charge in [-0.15, -0.1) is 11.3 Å². The van der Waals surface area contributed by atoms with Gasteiger partial charge in [0.25, 0.3) is 5.56 Å². The number of nitrogens with one attached hydrogen (secondary N) is 1. The molecule has 0 radical (unpaired) electrons. The van der Waals surface area contributed by atoms with Gasteiger partial charge >= 0.3 is 0 Å². The van der Waals surface area contributed by atoms with Crippen molar-refractivity contribution in [2.75, 3.05) is 5.32 Å². The molecule has 1 N–H and O–H groups in total. The Morgan fingerprint density at radius 1 is 1.33 bits per heavy atom. The molecule has 0 saturated carbocycles. The molecule has 124 valence electrons. The van der Waals surface area contributed by atoms with Gasteiger partial charge in [0.15, 0.2) is 0 Å². The maximum Gasteiger partial charge on any atom is 0.263 e. The summed E-state index contributed by atoms with van der Waals surface area (Å²) in [7, 11) is 0. The fourth-order valence-corrected chi connectivity index (χ4v) is 3.66. The molecule has 24 heavy (non-hydrogen) atoms. The molecule has 6 heteroatoms. The van der Waals surface area contributed by atoms with Gasteiger partial charge in [0, 0.05) is 10.6 Å². The number of carbonyl (C=O) groups excluding carboxylic acids is 1. The minimum atomic E-state index is -0.639. The first-order chi connectivity index (χ1) is 11.5. The first-order valence-electron chi connectivity index (χ1n) is 7.88. The number of aromatic nitrogens is 2. The van der Waals surface area contributed by atoms with Crippen LogP contribution in [0.3, 0.4) is 0 Å². The van der Waals surface area contributed by atoms with Crippen LogP contribution in [0.15, 0.2) is 41.2 Å². The summed E-state index contributed by atoms with van der Waals surface area (Å²) < 4.78 is 1.47. The molecule has 2 aromatic heterocycles. The lowest BCUT2D eigenvalue weighted by Crippen LogP contribution is -2.33. The normalized spacial score (nSPS) is 12.3. The molecule has 1 unspecified atom stereocenters. The minimum absolute atomic E-state index is 0.163. The topological polar surface area (TPSA) is 64.0 Å². The first kappa shape index (κ1) is 16.4. The van der Waals surface area contributed by atoms with Gasteiger partial charge in [-0.05, 0) is 38.5 Å². The Hall–Kier alpha value is -2.47. The fourth-order valence-electron chi connectivity index (χ4n) is 2.66. The number of hydrogen-bond acceptors (Lipinski definition) is 4. The Balaban J connectivity index is 1.98. The summed E-state index contributed by atoms with van der Waals surface area (Å²) in [5.74, 6) is 0.311. The van der Waals surface area contributed by atoms with Gasteiger partial charge in [-0.3, -0.25) is 14.2 Å². The third-order valence-corrected chi connectivity index (χ3v) is 5.15. The Morgan fingerprint density at radius 2 is 2.04 bits per heavy atom. The number of para-hydroxylation sites is 1. The SMILES string of the molecule is CCc1cc2c(=O)n(C(C)C(=O)Nc3ccccc3)c(C)nc2s1. The molecule has 1 amide bonds. The average Bonchev–Trinajstić information content (AvgIpc) is 2.99. The Kier molecular flexibility index (Phi) is 4.49. The zero-order valence-corrected chi connectivity index (χ0v) is 14.7. The molecule has 3 aromatic rings. The van der Waals surface area contributed by atoms with E-state index in [1.165, 1.54) is 15.9 Å². The molecule has 0 aliphatic heterocycles. The number of benzene rings is 1. The molecule has 5 nitrogen and oxygen atoms in total. The van der Waals surface area contributed by atoms with Gasteiger partial charge in [-0.1, -0.05) is 25.1 Å². The molecule has 1 aromatic carbocycles. The Morgan fingerprint density at radius 3 is 2.71 bits per heavy atom. The molecule has 0 saturated heterocycles. The largest absolute Gasteiger partial charge is 0.324 e. The number of rotatable bonds is 4. The van der Waals surface area contributed by atoms with E-state index in [2.05, 4.69) is 10.3 Å². The van der Waals surface area contributed by atoms with Crippen LogP contribution in [-0.2, 0) is 11.2 Å². The first-order valence-corrected chi connectivity index (χ1v) is 8.70. The van der Waals surface area contributed by atoms with E-state index < -0.39 is 6.04 Å². The number of nitrogens with zero attached hydrogens (tertiary/aromatic N) is 2. The van der Waals surface area contributed by atoms with Gasteiger partial charge in [-0.25, -0.2) is 4.98 Å². The number of fused-ring (bicyclic) bond motifs is 1. The summed E-state index contributed by atoms with van der Waals surface area (Å²) in [5.41, 5.74) is 0.544. The molecular formula is C18H19N3O2S. The van der Waals surface area contributed by atoms with Crippen molar-refractivity contribution in [1.29, 1.82) is 0 Å². The van der Waals surface area contributed by atoms with E-state index in [0.29, 0.717) is 16.9 Å². The van der Waals surface area contributed by atoms with E-state index in [-0.39, 0.29) is 11.5 Å². The van der Waals surface area contributed by atoms with Crippen molar-refractivity contribution in [3.8, 4) is 0 Å². The number of amides is 1. The number of thiophene rings is 1. The van der Waals surface area contributed by atoms with Crippen molar-refractivity contribution in [3.63, 3.8) is 0 Å². The van der Waals surface area contributed by atoms with Crippen molar-refractivity contribution in [2.45, 2.75) is 33.2 Å². The van der Waals surface area contributed by atoms with Crippen LogP contribution in [0.1, 0.15) is 30.6 Å². The standard InChI is InChI=1S/C18H19N3O2S/c1-4-14-10-15-17(24-14)19-12(3)21(18(15)23)11(2)16(22)20-13-8-6-5-7-9-13/h5-11H,4H2,1-3H3,(H,20,22). The zero-order chi connectivity index (χ0) is 17.3. The lowest BCUT2D eigenvalue weighted by molar-refractivity contribution is -0.118. The molecule has 1 atom stereocenters. The number of hydrogen-bond donors (Lipinski definition) is 1. The van der Waals surface area contributed by atoms with Crippen LogP contribution in [0.4, 0.5) is 5.69 Å². The van der Waals surface area contributed by atoms with Crippen molar-refractivity contribution in [3.05, 3.63) is 57.5 Å². The molecule has 2 heterocycles. The highest BCUT2D eigenvalue weighted by Crippen LogP contribution is 2.23. The van der Waals surface area contributed by atoms with Gasteiger partial charge in [0.2, 0.25) is 5.91 Å². The Bertz CT molecular complexity index is 944. The fraction of sp³-hybridized carbons (Fsp3) is 0.278. The molecule has 3 rings (SSSR count). The van der Waals surface area contributed by atoms with Crippen LogP contribution in [-0.4, -0.2) is 15.5 Å². The van der Waals surface area contributed by atoms with Crippen molar-refractivity contribution < 1.29 is 4.79 Å². The third kappa shape index (κ3) is 2.97.